The van der Waals surface area contributed by atoms with Gasteiger partial charge in [0.1, 0.15) is 10.8 Å². The molecular weight excluding hydrogens is 298 g/mol. The van der Waals surface area contributed by atoms with E-state index >= 15 is 0 Å². The first-order chi connectivity index (χ1) is 10.2. The van der Waals surface area contributed by atoms with Gasteiger partial charge in [-0.05, 0) is 24.3 Å². The highest BCUT2D eigenvalue weighted by Gasteiger charge is 2.07. The SMILES string of the molecule is COCCNCc1nc(-c2ccc(OC(F)F)cc2)cs1. The van der Waals surface area contributed by atoms with E-state index < -0.39 is 6.61 Å². The van der Waals surface area contributed by atoms with Crippen LogP contribution in [0.15, 0.2) is 29.6 Å². The van der Waals surface area contributed by atoms with Gasteiger partial charge < -0.3 is 14.8 Å². The van der Waals surface area contributed by atoms with Crippen molar-refractivity contribution in [3.63, 3.8) is 0 Å². The second kappa shape index (κ2) is 8.02. The van der Waals surface area contributed by atoms with Crippen molar-refractivity contribution in [3.8, 4) is 17.0 Å². The summed E-state index contributed by atoms with van der Waals surface area (Å²) in [4.78, 5) is 4.49. The minimum Gasteiger partial charge on any atom is -0.435 e. The fraction of sp³-hybridized carbons (Fsp3) is 0.357. The van der Waals surface area contributed by atoms with Crippen molar-refractivity contribution in [3.05, 3.63) is 34.7 Å². The lowest BCUT2D eigenvalue weighted by Gasteiger charge is -2.04. The molecule has 0 aliphatic rings. The summed E-state index contributed by atoms with van der Waals surface area (Å²) in [6, 6.07) is 6.46. The third-order valence-electron chi connectivity index (χ3n) is 2.69. The summed E-state index contributed by atoms with van der Waals surface area (Å²) < 4.78 is 33.4. The molecule has 1 aromatic heterocycles. The number of alkyl halides is 2. The van der Waals surface area contributed by atoms with Crippen LogP contribution in [-0.2, 0) is 11.3 Å². The molecule has 114 valence electrons. The summed E-state index contributed by atoms with van der Waals surface area (Å²) >= 11 is 1.55. The van der Waals surface area contributed by atoms with Crippen molar-refractivity contribution in [1.82, 2.24) is 10.3 Å². The van der Waals surface area contributed by atoms with E-state index in [4.69, 9.17) is 4.74 Å². The quantitative estimate of drug-likeness (QED) is 0.760. The molecule has 0 fully saturated rings. The first-order valence-corrected chi connectivity index (χ1v) is 7.26. The van der Waals surface area contributed by atoms with Gasteiger partial charge in [0, 0.05) is 31.1 Å². The highest BCUT2D eigenvalue weighted by molar-refractivity contribution is 7.09. The molecule has 7 heteroatoms. The van der Waals surface area contributed by atoms with E-state index in [0.717, 1.165) is 22.8 Å². The first-order valence-electron chi connectivity index (χ1n) is 6.38. The maximum absolute atomic E-state index is 12.1. The van der Waals surface area contributed by atoms with Crippen LogP contribution in [0, 0.1) is 0 Å². The third-order valence-corrected chi connectivity index (χ3v) is 3.53. The highest BCUT2D eigenvalue weighted by atomic mass is 32.1. The maximum atomic E-state index is 12.1. The van der Waals surface area contributed by atoms with Crippen molar-refractivity contribution in [2.75, 3.05) is 20.3 Å². The average molecular weight is 314 g/mol. The Morgan fingerprint density at radius 1 is 1.29 bits per heavy atom. The topological polar surface area (TPSA) is 43.4 Å². The Hall–Kier alpha value is -1.57. The number of hydrogen-bond acceptors (Lipinski definition) is 5. The zero-order chi connectivity index (χ0) is 15.1. The summed E-state index contributed by atoms with van der Waals surface area (Å²) in [5.41, 5.74) is 1.70. The highest BCUT2D eigenvalue weighted by Crippen LogP contribution is 2.24. The number of ether oxygens (including phenoxy) is 2. The molecule has 0 aliphatic heterocycles. The van der Waals surface area contributed by atoms with Crippen LogP contribution in [0.25, 0.3) is 11.3 Å². The van der Waals surface area contributed by atoms with Gasteiger partial charge in [-0.2, -0.15) is 8.78 Å². The summed E-state index contributed by atoms with van der Waals surface area (Å²) in [6.45, 7) is -0.699. The predicted molar refractivity (Wildman–Crippen MR) is 77.8 cm³/mol. The van der Waals surface area contributed by atoms with Gasteiger partial charge in [0.2, 0.25) is 0 Å². The van der Waals surface area contributed by atoms with E-state index in [1.54, 1.807) is 30.6 Å². The lowest BCUT2D eigenvalue weighted by Crippen LogP contribution is -2.18. The Kier molecular flexibility index (Phi) is 6.04. The monoisotopic (exact) mass is 314 g/mol. The Labute approximate surface area is 125 Å². The average Bonchev–Trinajstić information content (AvgIpc) is 2.93. The number of benzene rings is 1. The second-order valence-electron chi connectivity index (χ2n) is 4.20. The van der Waals surface area contributed by atoms with Crippen molar-refractivity contribution < 1.29 is 18.3 Å². The van der Waals surface area contributed by atoms with Crippen molar-refractivity contribution in [2.45, 2.75) is 13.2 Å². The van der Waals surface area contributed by atoms with Crippen LogP contribution in [0.4, 0.5) is 8.78 Å². The van der Waals surface area contributed by atoms with Crippen molar-refractivity contribution in [1.29, 1.82) is 0 Å². The molecule has 0 atom stereocenters. The van der Waals surface area contributed by atoms with E-state index in [1.165, 1.54) is 12.1 Å². The van der Waals surface area contributed by atoms with Crippen LogP contribution in [-0.4, -0.2) is 31.9 Å². The van der Waals surface area contributed by atoms with E-state index in [-0.39, 0.29) is 5.75 Å². The number of thiazole rings is 1. The molecule has 0 aliphatic carbocycles. The lowest BCUT2D eigenvalue weighted by molar-refractivity contribution is -0.0498. The van der Waals surface area contributed by atoms with Gasteiger partial charge in [0.25, 0.3) is 0 Å². The summed E-state index contributed by atoms with van der Waals surface area (Å²) in [5, 5.41) is 6.13. The molecule has 0 saturated heterocycles. The summed E-state index contributed by atoms with van der Waals surface area (Å²) in [5.74, 6) is 0.144. The zero-order valence-corrected chi connectivity index (χ0v) is 12.3. The molecule has 0 radical (unpaired) electrons. The zero-order valence-electron chi connectivity index (χ0n) is 11.5. The first kappa shape index (κ1) is 15.8. The minimum atomic E-state index is -2.81. The third kappa shape index (κ3) is 5.04. The molecule has 21 heavy (non-hydrogen) atoms. The van der Waals surface area contributed by atoms with Crippen LogP contribution in [0.2, 0.25) is 0 Å². The second-order valence-corrected chi connectivity index (χ2v) is 5.14. The van der Waals surface area contributed by atoms with Crippen LogP contribution >= 0.6 is 11.3 Å². The number of rotatable bonds is 8. The predicted octanol–water partition coefficient (Wildman–Crippen LogP) is 3.15. The van der Waals surface area contributed by atoms with E-state index in [1.807, 2.05) is 5.38 Å². The van der Waals surface area contributed by atoms with Crippen molar-refractivity contribution in [2.24, 2.45) is 0 Å². The Morgan fingerprint density at radius 2 is 2.05 bits per heavy atom. The number of nitrogens with one attached hydrogen (secondary N) is 1. The number of halogens is 2. The van der Waals surface area contributed by atoms with Gasteiger partial charge in [-0.3, -0.25) is 0 Å². The minimum absolute atomic E-state index is 0.144. The smallest absolute Gasteiger partial charge is 0.387 e. The number of methoxy groups -OCH3 is 1. The Bertz CT molecular complexity index is 546. The molecule has 0 saturated carbocycles. The normalized spacial score (nSPS) is 11.0. The Balaban J connectivity index is 1.94. The molecule has 0 amide bonds. The number of aromatic nitrogens is 1. The largest absolute Gasteiger partial charge is 0.435 e. The van der Waals surface area contributed by atoms with Crippen LogP contribution < -0.4 is 10.1 Å². The maximum Gasteiger partial charge on any atom is 0.387 e. The number of hydrogen-bond donors (Lipinski definition) is 1. The molecule has 0 unspecified atom stereocenters. The molecule has 2 aromatic rings. The van der Waals surface area contributed by atoms with Gasteiger partial charge in [0.05, 0.1) is 12.3 Å². The van der Waals surface area contributed by atoms with Gasteiger partial charge in [0.15, 0.2) is 0 Å². The molecule has 1 heterocycles. The van der Waals surface area contributed by atoms with E-state index in [0.29, 0.717) is 13.2 Å². The van der Waals surface area contributed by atoms with Gasteiger partial charge in [-0.1, -0.05) is 0 Å². The molecule has 0 bridgehead atoms. The molecule has 1 N–H and O–H groups in total. The fourth-order valence-corrected chi connectivity index (χ4v) is 2.47. The lowest BCUT2D eigenvalue weighted by atomic mass is 10.2. The van der Waals surface area contributed by atoms with Crippen LogP contribution in [0.1, 0.15) is 5.01 Å². The van der Waals surface area contributed by atoms with Gasteiger partial charge in [-0.15, -0.1) is 11.3 Å². The summed E-state index contributed by atoms with van der Waals surface area (Å²) in [6.07, 6.45) is 0. The van der Waals surface area contributed by atoms with Gasteiger partial charge in [-0.25, -0.2) is 4.98 Å². The fourth-order valence-electron chi connectivity index (χ4n) is 1.70. The molecule has 1 aromatic carbocycles. The molecular formula is C14H16F2N2O2S. The van der Waals surface area contributed by atoms with Crippen LogP contribution in [0.5, 0.6) is 5.75 Å². The standard InChI is InChI=1S/C14H16F2N2O2S/c1-19-7-6-17-8-13-18-12(9-21-13)10-2-4-11(5-3-10)20-14(15)16/h2-5,9,14,17H,6-8H2,1H3. The molecule has 0 spiro atoms. The molecule has 4 nitrogen and oxygen atoms in total. The molecule has 2 rings (SSSR count). The van der Waals surface area contributed by atoms with Gasteiger partial charge >= 0.3 is 6.61 Å². The summed E-state index contributed by atoms with van der Waals surface area (Å²) in [7, 11) is 1.66. The van der Waals surface area contributed by atoms with E-state index in [9.17, 15) is 8.78 Å². The number of nitrogens with zero attached hydrogens (tertiary/aromatic N) is 1. The van der Waals surface area contributed by atoms with E-state index in [2.05, 4.69) is 15.0 Å². The van der Waals surface area contributed by atoms with Crippen molar-refractivity contribution >= 4 is 11.3 Å². The van der Waals surface area contributed by atoms with Crippen LogP contribution in [0.3, 0.4) is 0 Å². The Morgan fingerprint density at radius 3 is 2.71 bits per heavy atom.